The minimum absolute atomic E-state index is 0.167. The Morgan fingerprint density at radius 3 is 2.85 bits per heavy atom. The predicted octanol–water partition coefficient (Wildman–Crippen LogP) is 2.01. The quantitative estimate of drug-likeness (QED) is 0.302. The molecule has 0 atom stereocenters. The van der Waals surface area contributed by atoms with E-state index in [4.69, 9.17) is 11.6 Å². The molecule has 0 aromatic heterocycles. The molecule has 0 fully saturated rings. The van der Waals surface area contributed by atoms with Crippen molar-refractivity contribution in [1.29, 1.82) is 0 Å². The van der Waals surface area contributed by atoms with Crippen molar-refractivity contribution < 1.29 is 9.60 Å². The van der Waals surface area contributed by atoms with Crippen molar-refractivity contribution in [2.45, 2.75) is 6.92 Å². The molecule has 1 N–H and O–H groups in total. The number of halogens is 1. The van der Waals surface area contributed by atoms with E-state index < -0.39 is 5.82 Å². The topological polar surface area (TPSA) is 32.6 Å². The van der Waals surface area contributed by atoms with Crippen molar-refractivity contribution in [2.24, 2.45) is 5.16 Å². The summed E-state index contributed by atoms with van der Waals surface area (Å²) in [5, 5.41) is 11.5. The molecule has 0 saturated heterocycles. The zero-order valence-corrected chi connectivity index (χ0v) is 7.08. The van der Waals surface area contributed by atoms with Gasteiger partial charge in [-0.2, -0.15) is 0 Å². The SMILES string of the molecule is C#Cc1cc(/C(C)=N\O)ccc1F. The van der Waals surface area contributed by atoms with Crippen LogP contribution in [0.3, 0.4) is 0 Å². The van der Waals surface area contributed by atoms with Crippen molar-refractivity contribution in [1.82, 2.24) is 0 Å². The van der Waals surface area contributed by atoms with Gasteiger partial charge in [-0.25, -0.2) is 4.39 Å². The number of hydrogen-bond donors (Lipinski definition) is 1. The summed E-state index contributed by atoms with van der Waals surface area (Å²) in [6, 6.07) is 4.22. The molecule has 0 amide bonds. The van der Waals surface area contributed by atoms with Gasteiger partial charge in [0.05, 0.1) is 11.3 Å². The third-order valence-electron chi connectivity index (χ3n) is 1.69. The fourth-order valence-corrected chi connectivity index (χ4v) is 0.919. The zero-order valence-electron chi connectivity index (χ0n) is 7.08. The molecule has 1 rings (SSSR count). The van der Waals surface area contributed by atoms with Crippen LogP contribution in [0.5, 0.6) is 0 Å². The van der Waals surface area contributed by atoms with Crippen LogP contribution >= 0.6 is 0 Å². The largest absolute Gasteiger partial charge is 0.411 e. The minimum Gasteiger partial charge on any atom is -0.411 e. The number of benzene rings is 1. The highest BCUT2D eigenvalue weighted by Crippen LogP contribution is 2.10. The average Bonchev–Trinajstić information content (AvgIpc) is 2.17. The Morgan fingerprint density at radius 2 is 2.31 bits per heavy atom. The maximum atomic E-state index is 12.9. The molecule has 0 aliphatic carbocycles. The number of nitrogens with zero attached hydrogens (tertiary/aromatic N) is 1. The molecule has 3 heteroatoms. The van der Waals surface area contributed by atoms with Crippen molar-refractivity contribution in [3.63, 3.8) is 0 Å². The first kappa shape index (κ1) is 9.27. The summed E-state index contributed by atoms with van der Waals surface area (Å²) in [4.78, 5) is 0. The van der Waals surface area contributed by atoms with Gasteiger partial charge in [0.15, 0.2) is 0 Å². The van der Waals surface area contributed by atoms with Crippen LogP contribution < -0.4 is 0 Å². The van der Waals surface area contributed by atoms with Crippen LogP contribution in [-0.2, 0) is 0 Å². The molecule has 0 bridgehead atoms. The highest BCUT2D eigenvalue weighted by Gasteiger charge is 2.03. The van der Waals surface area contributed by atoms with E-state index in [2.05, 4.69) is 11.1 Å². The Kier molecular flexibility index (Phi) is 2.65. The lowest BCUT2D eigenvalue weighted by Crippen LogP contribution is -1.96. The Labute approximate surface area is 75.7 Å². The molecule has 0 heterocycles. The third-order valence-corrected chi connectivity index (χ3v) is 1.69. The van der Waals surface area contributed by atoms with Crippen molar-refractivity contribution in [3.8, 4) is 12.3 Å². The van der Waals surface area contributed by atoms with Gasteiger partial charge in [0.1, 0.15) is 5.82 Å². The van der Waals surface area contributed by atoms with Gasteiger partial charge in [0.25, 0.3) is 0 Å². The average molecular weight is 177 g/mol. The van der Waals surface area contributed by atoms with Crippen LogP contribution in [0.15, 0.2) is 23.4 Å². The van der Waals surface area contributed by atoms with Crippen LogP contribution in [-0.4, -0.2) is 10.9 Å². The summed E-state index contributed by atoms with van der Waals surface area (Å²) in [5.41, 5.74) is 1.17. The van der Waals surface area contributed by atoms with E-state index in [1.54, 1.807) is 6.92 Å². The van der Waals surface area contributed by atoms with Gasteiger partial charge in [0.2, 0.25) is 0 Å². The normalized spacial score (nSPS) is 11.0. The Morgan fingerprint density at radius 1 is 1.62 bits per heavy atom. The Hall–Kier alpha value is -1.82. The number of rotatable bonds is 1. The fourth-order valence-electron chi connectivity index (χ4n) is 0.919. The lowest BCUT2D eigenvalue weighted by atomic mass is 10.1. The third kappa shape index (κ3) is 1.85. The minimum atomic E-state index is -0.447. The van der Waals surface area contributed by atoms with Gasteiger partial charge in [0, 0.05) is 5.56 Å². The molecule has 1 aromatic rings. The molecular weight excluding hydrogens is 169 g/mol. The molecule has 1 aromatic carbocycles. The van der Waals surface area contributed by atoms with Crippen molar-refractivity contribution in [3.05, 3.63) is 35.1 Å². The molecule has 66 valence electrons. The molecule has 0 radical (unpaired) electrons. The summed E-state index contributed by atoms with van der Waals surface area (Å²) in [6.45, 7) is 1.60. The summed E-state index contributed by atoms with van der Waals surface area (Å²) in [5.74, 6) is 1.76. The summed E-state index contributed by atoms with van der Waals surface area (Å²) in [6.07, 6.45) is 5.07. The van der Waals surface area contributed by atoms with Crippen LogP contribution in [0.2, 0.25) is 0 Å². The van der Waals surface area contributed by atoms with E-state index in [9.17, 15) is 4.39 Å². The molecule has 0 unspecified atom stereocenters. The Balaban J connectivity index is 3.23. The highest BCUT2D eigenvalue weighted by molar-refractivity contribution is 5.98. The second-order valence-corrected chi connectivity index (χ2v) is 2.52. The van der Waals surface area contributed by atoms with Crippen molar-refractivity contribution in [2.75, 3.05) is 0 Å². The number of oxime groups is 1. The van der Waals surface area contributed by atoms with Gasteiger partial charge in [-0.3, -0.25) is 0 Å². The van der Waals surface area contributed by atoms with Gasteiger partial charge < -0.3 is 5.21 Å². The smallest absolute Gasteiger partial charge is 0.138 e. The Bertz CT molecular complexity index is 390. The molecular formula is C10H8FNO. The number of terminal acetylenes is 1. The van der Waals surface area contributed by atoms with E-state index in [0.717, 1.165) is 0 Å². The van der Waals surface area contributed by atoms with E-state index >= 15 is 0 Å². The van der Waals surface area contributed by atoms with Crippen LogP contribution in [0.25, 0.3) is 0 Å². The van der Waals surface area contributed by atoms with Crippen LogP contribution in [0.4, 0.5) is 4.39 Å². The second kappa shape index (κ2) is 3.72. The van der Waals surface area contributed by atoms with Gasteiger partial charge in [-0.1, -0.05) is 17.1 Å². The lowest BCUT2D eigenvalue weighted by molar-refractivity contribution is 0.319. The highest BCUT2D eigenvalue weighted by atomic mass is 19.1. The van der Waals surface area contributed by atoms with E-state index in [1.807, 2.05) is 0 Å². The monoisotopic (exact) mass is 177 g/mol. The molecule has 0 aliphatic heterocycles. The fraction of sp³-hybridized carbons (Fsp3) is 0.100. The molecule has 0 saturated carbocycles. The predicted molar refractivity (Wildman–Crippen MR) is 48.3 cm³/mol. The van der Waals surface area contributed by atoms with Crippen LogP contribution in [0.1, 0.15) is 18.1 Å². The van der Waals surface area contributed by atoms with E-state index in [-0.39, 0.29) is 5.56 Å². The van der Waals surface area contributed by atoms with E-state index in [1.165, 1.54) is 18.2 Å². The second-order valence-electron chi connectivity index (χ2n) is 2.52. The van der Waals surface area contributed by atoms with Gasteiger partial charge in [-0.15, -0.1) is 6.42 Å². The summed E-state index contributed by atoms with van der Waals surface area (Å²) < 4.78 is 12.9. The first-order valence-electron chi connectivity index (χ1n) is 3.64. The van der Waals surface area contributed by atoms with Crippen LogP contribution in [0, 0.1) is 18.2 Å². The molecule has 13 heavy (non-hydrogen) atoms. The van der Waals surface area contributed by atoms with E-state index in [0.29, 0.717) is 11.3 Å². The first-order chi connectivity index (χ1) is 6.19. The lowest BCUT2D eigenvalue weighted by Gasteiger charge is -1.99. The summed E-state index contributed by atoms with van der Waals surface area (Å²) in [7, 11) is 0. The molecule has 2 nitrogen and oxygen atoms in total. The summed E-state index contributed by atoms with van der Waals surface area (Å²) >= 11 is 0. The number of hydrogen-bond acceptors (Lipinski definition) is 2. The molecule has 0 aliphatic rings. The van der Waals surface area contributed by atoms with Gasteiger partial charge in [-0.05, 0) is 19.1 Å². The molecule has 0 spiro atoms. The zero-order chi connectivity index (χ0) is 9.84. The van der Waals surface area contributed by atoms with Crippen molar-refractivity contribution >= 4 is 5.71 Å². The van der Waals surface area contributed by atoms with Gasteiger partial charge >= 0.3 is 0 Å². The first-order valence-corrected chi connectivity index (χ1v) is 3.64. The maximum absolute atomic E-state index is 12.9. The standard InChI is InChI=1S/C10H8FNO/c1-3-8-6-9(7(2)12-13)4-5-10(8)11/h1,4-6,13H,2H3/b12-7-. The maximum Gasteiger partial charge on any atom is 0.138 e.